The van der Waals surface area contributed by atoms with Crippen molar-refractivity contribution in [2.45, 2.75) is 51.2 Å². The summed E-state index contributed by atoms with van der Waals surface area (Å²) in [5.74, 6) is 0. The average molecular weight is 340 g/mol. The van der Waals surface area contributed by atoms with Crippen molar-refractivity contribution in [1.29, 1.82) is 0 Å². The first-order valence-electron chi connectivity index (χ1n) is 6.11. The normalized spacial score (nSPS) is 11.8. The lowest BCUT2D eigenvalue weighted by Gasteiger charge is -2.12. The molecule has 0 rings (SSSR count). The van der Waals surface area contributed by atoms with E-state index in [0.717, 1.165) is 6.42 Å². The molecule has 2 nitrogen and oxygen atoms in total. The molecule has 0 aliphatic rings. The molecule has 0 spiro atoms. The third-order valence-corrected chi connectivity index (χ3v) is 3.15. The van der Waals surface area contributed by atoms with Gasteiger partial charge in [0.05, 0.1) is 0 Å². The Bertz CT molecular complexity index is 156. The van der Waals surface area contributed by atoms with E-state index in [2.05, 4.69) is 34.7 Å². The molecule has 0 fully saturated rings. The van der Waals surface area contributed by atoms with Crippen LogP contribution < -0.4 is 0 Å². The second kappa shape index (κ2) is 13.5. The van der Waals surface area contributed by atoms with Crippen LogP contribution in [-0.2, 0) is 9.47 Å². The summed E-state index contributed by atoms with van der Waals surface area (Å²) in [7, 11) is 3.40. The van der Waals surface area contributed by atoms with Gasteiger partial charge in [0, 0.05) is 18.6 Å². The van der Waals surface area contributed by atoms with Crippen LogP contribution in [0.1, 0.15) is 44.9 Å². The summed E-state index contributed by atoms with van der Waals surface area (Å²) in [5, 5.41) is 0. The number of hydrogen-bond acceptors (Lipinski definition) is 2. The Kier molecular flexibility index (Phi) is 13.8. The summed E-state index contributed by atoms with van der Waals surface area (Å²) in [5.41, 5.74) is 0. The highest BCUT2D eigenvalue weighted by Gasteiger charge is 2.03. The first-order chi connectivity index (χ1) is 7.85. The summed E-state index contributed by atoms with van der Waals surface area (Å²) in [6, 6.07) is 0. The first-order valence-corrected chi connectivity index (χ1v) is 7.64. The standard InChI is InChI=1S/C13H25IO2/c1-15-13(16-2)11-9-7-5-3-4-6-8-10-12-14/h6,8,13H,3-5,7,9-12H2,1-2H3/b8-6-. The van der Waals surface area contributed by atoms with Crippen molar-refractivity contribution >= 4 is 22.6 Å². The Labute approximate surface area is 114 Å². The topological polar surface area (TPSA) is 18.5 Å². The van der Waals surface area contributed by atoms with Gasteiger partial charge in [0.15, 0.2) is 6.29 Å². The van der Waals surface area contributed by atoms with E-state index in [1.807, 2.05) is 0 Å². The van der Waals surface area contributed by atoms with E-state index in [1.165, 1.54) is 43.0 Å². The van der Waals surface area contributed by atoms with Crippen LogP contribution in [0.3, 0.4) is 0 Å². The minimum atomic E-state index is -0.0106. The quantitative estimate of drug-likeness (QED) is 0.183. The van der Waals surface area contributed by atoms with Gasteiger partial charge in [-0.1, -0.05) is 47.6 Å². The van der Waals surface area contributed by atoms with E-state index in [9.17, 15) is 0 Å². The molecule has 16 heavy (non-hydrogen) atoms. The highest BCUT2D eigenvalue weighted by atomic mass is 127. The molecule has 0 saturated heterocycles. The van der Waals surface area contributed by atoms with Gasteiger partial charge < -0.3 is 9.47 Å². The average Bonchev–Trinajstić information content (AvgIpc) is 2.32. The van der Waals surface area contributed by atoms with E-state index >= 15 is 0 Å². The smallest absolute Gasteiger partial charge is 0.156 e. The summed E-state index contributed by atoms with van der Waals surface area (Å²) >= 11 is 2.41. The molecular formula is C13H25IO2. The van der Waals surface area contributed by atoms with Crippen LogP contribution in [0.25, 0.3) is 0 Å². The van der Waals surface area contributed by atoms with Gasteiger partial charge >= 0.3 is 0 Å². The Morgan fingerprint density at radius 2 is 1.56 bits per heavy atom. The Morgan fingerprint density at radius 1 is 0.938 bits per heavy atom. The van der Waals surface area contributed by atoms with E-state index in [1.54, 1.807) is 14.2 Å². The Morgan fingerprint density at radius 3 is 2.19 bits per heavy atom. The molecule has 0 radical (unpaired) electrons. The molecule has 0 atom stereocenters. The van der Waals surface area contributed by atoms with Crippen LogP contribution >= 0.6 is 22.6 Å². The summed E-state index contributed by atoms with van der Waals surface area (Å²) in [6.45, 7) is 0. The fourth-order valence-corrected chi connectivity index (χ4v) is 1.92. The van der Waals surface area contributed by atoms with Crippen LogP contribution in [0, 0.1) is 0 Å². The van der Waals surface area contributed by atoms with E-state index in [0.29, 0.717) is 0 Å². The Balaban J connectivity index is 3.15. The van der Waals surface area contributed by atoms with Crippen LogP contribution in [0.2, 0.25) is 0 Å². The van der Waals surface area contributed by atoms with Crippen molar-refractivity contribution < 1.29 is 9.47 Å². The first kappa shape index (κ1) is 16.4. The molecule has 0 amide bonds. The van der Waals surface area contributed by atoms with E-state index < -0.39 is 0 Å². The van der Waals surface area contributed by atoms with Crippen LogP contribution in [0.15, 0.2) is 12.2 Å². The fourth-order valence-electron chi connectivity index (χ4n) is 1.56. The number of ether oxygens (including phenoxy) is 2. The zero-order chi connectivity index (χ0) is 12.1. The summed E-state index contributed by atoms with van der Waals surface area (Å²) < 4.78 is 11.5. The maximum atomic E-state index is 5.14. The van der Waals surface area contributed by atoms with Gasteiger partial charge in [0.2, 0.25) is 0 Å². The van der Waals surface area contributed by atoms with Crippen LogP contribution in [-0.4, -0.2) is 24.9 Å². The second-order valence-corrected chi connectivity index (χ2v) is 4.92. The minimum Gasteiger partial charge on any atom is -0.356 e. The number of allylic oxidation sites excluding steroid dienone is 2. The number of alkyl halides is 1. The van der Waals surface area contributed by atoms with Crippen molar-refractivity contribution in [3.8, 4) is 0 Å². The van der Waals surface area contributed by atoms with Crippen LogP contribution in [0.5, 0.6) is 0 Å². The lowest BCUT2D eigenvalue weighted by molar-refractivity contribution is -0.107. The molecule has 0 aromatic rings. The predicted octanol–water partition coefficient (Wildman–Crippen LogP) is 4.33. The van der Waals surface area contributed by atoms with Crippen molar-refractivity contribution in [2.24, 2.45) is 0 Å². The molecule has 0 aromatic carbocycles. The van der Waals surface area contributed by atoms with Crippen molar-refractivity contribution in [3.63, 3.8) is 0 Å². The van der Waals surface area contributed by atoms with E-state index in [4.69, 9.17) is 9.47 Å². The SMILES string of the molecule is COC(CCCCCC/C=C\CCI)OC. The maximum Gasteiger partial charge on any atom is 0.156 e. The highest BCUT2D eigenvalue weighted by molar-refractivity contribution is 14.1. The zero-order valence-corrected chi connectivity index (χ0v) is 12.7. The third-order valence-electron chi connectivity index (χ3n) is 2.53. The minimum absolute atomic E-state index is 0.0106. The predicted molar refractivity (Wildman–Crippen MR) is 78.2 cm³/mol. The molecular weight excluding hydrogens is 315 g/mol. The fraction of sp³-hybridized carbons (Fsp3) is 0.846. The van der Waals surface area contributed by atoms with Gasteiger partial charge in [-0.2, -0.15) is 0 Å². The number of halogens is 1. The molecule has 96 valence electrons. The highest BCUT2D eigenvalue weighted by Crippen LogP contribution is 2.09. The summed E-state index contributed by atoms with van der Waals surface area (Å²) in [4.78, 5) is 0. The van der Waals surface area contributed by atoms with Gasteiger partial charge in [-0.05, 0) is 32.1 Å². The largest absolute Gasteiger partial charge is 0.356 e. The number of methoxy groups -OCH3 is 2. The van der Waals surface area contributed by atoms with Crippen LogP contribution in [0.4, 0.5) is 0 Å². The van der Waals surface area contributed by atoms with E-state index in [-0.39, 0.29) is 6.29 Å². The lowest BCUT2D eigenvalue weighted by Crippen LogP contribution is -2.12. The van der Waals surface area contributed by atoms with Gasteiger partial charge in [-0.15, -0.1) is 0 Å². The van der Waals surface area contributed by atoms with Gasteiger partial charge in [0.1, 0.15) is 0 Å². The van der Waals surface area contributed by atoms with Crippen molar-refractivity contribution in [2.75, 3.05) is 18.6 Å². The maximum absolute atomic E-state index is 5.14. The molecule has 0 aliphatic carbocycles. The number of rotatable bonds is 11. The molecule has 0 unspecified atom stereocenters. The number of unbranched alkanes of at least 4 members (excludes halogenated alkanes) is 4. The van der Waals surface area contributed by atoms with Crippen molar-refractivity contribution in [3.05, 3.63) is 12.2 Å². The molecule has 0 bridgehead atoms. The zero-order valence-electron chi connectivity index (χ0n) is 10.6. The molecule has 0 N–H and O–H groups in total. The molecule has 0 aromatic heterocycles. The van der Waals surface area contributed by atoms with Gasteiger partial charge in [-0.3, -0.25) is 0 Å². The van der Waals surface area contributed by atoms with Gasteiger partial charge in [-0.25, -0.2) is 0 Å². The molecule has 0 saturated carbocycles. The number of hydrogen-bond donors (Lipinski definition) is 0. The molecule has 0 aliphatic heterocycles. The van der Waals surface area contributed by atoms with Crippen molar-refractivity contribution in [1.82, 2.24) is 0 Å². The molecule has 3 heteroatoms. The Hall–Kier alpha value is 0.390. The molecule has 0 heterocycles. The monoisotopic (exact) mass is 340 g/mol. The van der Waals surface area contributed by atoms with Gasteiger partial charge in [0.25, 0.3) is 0 Å². The summed E-state index contributed by atoms with van der Waals surface area (Å²) in [6.07, 6.45) is 13.1. The third kappa shape index (κ3) is 10.9. The lowest BCUT2D eigenvalue weighted by atomic mass is 10.1. The second-order valence-electron chi connectivity index (χ2n) is 3.84.